The molecule has 1 heterocycles. The minimum absolute atomic E-state index is 0.0402. The maximum atomic E-state index is 15.9. The monoisotopic (exact) mass is 528 g/mol. The molecular weight excluding hydrogens is 495 g/mol. The standard InChI is InChI=1S/C28H33FN2O7/c1-6-11(2)31-9-15-16(10-31)23(33)20-14(21(15)29)7-13-8-17-22(30(4)5)25(35)18(12(3)32)26(36)28(17,38)27(37)19(13)24(20)34/h11,13,17,22,33-34,36,38H,6-10H2,1-5H3/t11-,13-,17-,22-,28+/m0/s1. The van der Waals surface area contributed by atoms with Crippen molar-refractivity contribution in [1.29, 1.82) is 0 Å². The zero-order chi connectivity index (χ0) is 28.0. The Morgan fingerprint density at radius 3 is 2.37 bits per heavy atom. The molecule has 0 spiro atoms. The Labute approximate surface area is 219 Å². The van der Waals surface area contributed by atoms with Gasteiger partial charge in [0.1, 0.15) is 28.7 Å². The van der Waals surface area contributed by atoms with Gasteiger partial charge in [0.15, 0.2) is 17.2 Å². The zero-order valence-electron chi connectivity index (χ0n) is 22.1. The van der Waals surface area contributed by atoms with Crippen molar-refractivity contribution in [3.63, 3.8) is 0 Å². The number of halogens is 1. The molecule has 0 unspecified atom stereocenters. The smallest absolute Gasteiger partial charge is 0.202 e. The van der Waals surface area contributed by atoms with E-state index in [-0.39, 0.29) is 47.9 Å². The van der Waals surface area contributed by atoms with E-state index in [1.807, 2.05) is 18.7 Å². The number of benzene rings is 1. The summed E-state index contributed by atoms with van der Waals surface area (Å²) in [4.78, 5) is 42.9. The largest absolute Gasteiger partial charge is 0.508 e. The molecule has 0 radical (unpaired) electrons. The maximum absolute atomic E-state index is 15.9. The molecule has 0 saturated heterocycles. The van der Waals surface area contributed by atoms with Crippen LogP contribution >= 0.6 is 0 Å². The van der Waals surface area contributed by atoms with Crippen LogP contribution in [-0.2, 0) is 33.9 Å². The molecule has 1 fully saturated rings. The Kier molecular flexibility index (Phi) is 6.09. The van der Waals surface area contributed by atoms with Crippen molar-refractivity contribution in [2.75, 3.05) is 14.1 Å². The lowest BCUT2D eigenvalue weighted by molar-refractivity contribution is -0.153. The van der Waals surface area contributed by atoms with Crippen molar-refractivity contribution < 1.29 is 39.2 Å². The molecule has 38 heavy (non-hydrogen) atoms. The highest BCUT2D eigenvalue weighted by Gasteiger charge is 2.64. The fourth-order valence-corrected chi connectivity index (χ4v) is 6.91. The van der Waals surface area contributed by atoms with E-state index in [1.54, 1.807) is 14.1 Å². The van der Waals surface area contributed by atoms with Crippen LogP contribution in [0.4, 0.5) is 4.39 Å². The van der Waals surface area contributed by atoms with Crippen LogP contribution in [0.1, 0.15) is 55.9 Å². The normalized spacial score (nSPS) is 29.8. The summed E-state index contributed by atoms with van der Waals surface area (Å²) in [6.07, 6.45) is 0.746. The molecule has 204 valence electrons. The van der Waals surface area contributed by atoms with E-state index in [4.69, 9.17) is 0 Å². The highest BCUT2D eigenvalue weighted by Crippen LogP contribution is 2.54. The highest BCUT2D eigenvalue weighted by atomic mass is 19.1. The maximum Gasteiger partial charge on any atom is 0.202 e. The van der Waals surface area contributed by atoms with Gasteiger partial charge in [-0.3, -0.25) is 24.2 Å². The van der Waals surface area contributed by atoms with Crippen LogP contribution in [-0.4, -0.2) is 79.4 Å². The van der Waals surface area contributed by atoms with Gasteiger partial charge < -0.3 is 20.4 Å². The van der Waals surface area contributed by atoms with Crippen LogP contribution in [0.25, 0.3) is 5.76 Å². The Balaban J connectivity index is 1.70. The molecule has 10 heteroatoms. The summed E-state index contributed by atoms with van der Waals surface area (Å²) in [5, 5.41) is 45.2. The lowest BCUT2D eigenvalue weighted by Crippen LogP contribution is -2.65. The molecule has 9 nitrogen and oxygen atoms in total. The topological polar surface area (TPSA) is 139 Å². The molecule has 1 aromatic carbocycles. The summed E-state index contributed by atoms with van der Waals surface area (Å²) in [6.45, 7) is 5.68. The molecule has 5 rings (SSSR count). The van der Waals surface area contributed by atoms with E-state index in [0.29, 0.717) is 17.7 Å². The number of phenols is 1. The molecule has 4 N–H and O–H groups in total. The van der Waals surface area contributed by atoms with Crippen LogP contribution in [0.2, 0.25) is 0 Å². The summed E-state index contributed by atoms with van der Waals surface area (Å²) < 4.78 is 15.9. The van der Waals surface area contributed by atoms with Crippen LogP contribution in [0, 0.1) is 17.7 Å². The summed E-state index contributed by atoms with van der Waals surface area (Å²) in [5.41, 5.74) is -2.91. The van der Waals surface area contributed by atoms with E-state index in [2.05, 4.69) is 0 Å². The first-order valence-electron chi connectivity index (χ1n) is 12.9. The second kappa shape index (κ2) is 8.72. The number of carbonyl (C=O) groups excluding carboxylic acids is 3. The average Bonchev–Trinajstić information content (AvgIpc) is 3.30. The van der Waals surface area contributed by atoms with E-state index in [0.717, 1.165) is 13.3 Å². The number of likely N-dealkylation sites (N-methyl/N-ethyl adjacent to an activating group) is 1. The lowest BCUT2D eigenvalue weighted by Gasteiger charge is -2.50. The quantitative estimate of drug-likeness (QED) is 0.434. The zero-order valence-corrected chi connectivity index (χ0v) is 22.1. The molecule has 3 aliphatic carbocycles. The van der Waals surface area contributed by atoms with Gasteiger partial charge in [-0.25, -0.2) is 4.39 Å². The first-order chi connectivity index (χ1) is 17.8. The van der Waals surface area contributed by atoms with Crippen molar-refractivity contribution in [2.45, 2.75) is 70.8 Å². The number of rotatable bonds is 4. The molecule has 0 bridgehead atoms. The number of aliphatic hydroxyl groups is 3. The lowest BCUT2D eigenvalue weighted by atomic mass is 9.57. The van der Waals surface area contributed by atoms with Crippen molar-refractivity contribution in [2.24, 2.45) is 11.8 Å². The van der Waals surface area contributed by atoms with Gasteiger partial charge in [0.2, 0.25) is 5.78 Å². The second-order valence-corrected chi connectivity index (χ2v) is 11.3. The summed E-state index contributed by atoms with van der Waals surface area (Å²) in [6, 6.07) is -0.969. The number of aromatic hydroxyl groups is 1. The third-order valence-corrected chi connectivity index (χ3v) is 9.07. The minimum atomic E-state index is -2.64. The Morgan fingerprint density at radius 1 is 1.16 bits per heavy atom. The number of ketones is 3. The summed E-state index contributed by atoms with van der Waals surface area (Å²) >= 11 is 0. The number of hydrogen-bond acceptors (Lipinski definition) is 9. The average molecular weight is 529 g/mol. The minimum Gasteiger partial charge on any atom is -0.508 e. The summed E-state index contributed by atoms with van der Waals surface area (Å²) in [7, 11) is 3.13. The van der Waals surface area contributed by atoms with E-state index < -0.39 is 63.7 Å². The van der Waals surface area contributed by atoms with E-state index >= 15 is 4.39 Å². The van der Waals surface area contributed by atoms with Gasteiger partial charge in [-0.1, -0.05) is 6.92 Å². The number of aliphatic hydroxyl groups excluding tert-OH is 2. The molecule has 1 saturated carbocycles. The van der Waals surface area contributed by atoms with E-state index in [9.17, 15) is 34.8 Å². The third-order valence-electron chi connectivity index (χ3n) is 9.07. The molecule has 1 aliphatic heterocycles. The number of hydrogen-bond donors (Lipinski definition) is 4. The number of carbonyl (C=O) groups is 3. The molecule has 0 aromatic heterocycles. The summed E-state index contributed by atoms with van der Waals surface area (Å²) in [5.74, 6) is -7.00. The molecule has 5 atom stereocenters. The number of Topliss-reactive ketones (excluding diaryl/α,β-unsaturated/α-hetero) is 3. The molecule has 1 aromatic rings. The SMILES string of the molecule is CC[C@H](C)N1Cc2c(O)c3c(c(F)c2C1)C[C@H]1C[C@H]2[C@H](N(C)C)C(=O)C(C(C)=O)=C(O)[C@@]2(O)C(=O)C1=C3O. The van der Waals surface area contributed by atoms with Crippen LogP contribution in [0.15, 0.2) is 16.9 Å². The van der Waals surface area contributed by atoms with Gasteiger partial charge in [-0.15, -0.1) is 0 Å². The second-order valence-electron chi connectivity index (χ2n) is 11.3. The predicted octanol–water partition coefficient (Wildman–Crippen LogP) is 2.32. The van der Waals surface area contributed by atoms with Gasteiger partial charge in [0.05, 0.1) is 11.6 Å². The Morgan fingerprint density at radius 2 is 1.79 bits per heavy atom. The van der Waals surface area contributed by atoms with Gasteiger partial charge in [0.25, 0.3) is 0 Å². The third kappa shape index (κ3) is 3.29. The molecule has 0 amide bonds. The fourth-order valence-electron chi connectivity index (χ4n) is 6.91. The molecular formula is C28H33FN2O7. The van der Waals surface area contributed by atoms with Gasteiger partial charge in [0, 0.05) is 47.3 Å². The van der Waals surface area contributed by atoms with Gasteiger partial charge in [-0.05, 0) is 53.1 Å². The fraction of sp³-hybridized carbons (Fsp3) is 0.536. The first kappa shape index (κ1) is 26.5. The number of nitrogens with zero attached hydrogens (tertiary/aromatic N) is 2. The van der Waals surface area contributed by atoms with Crippen molar-refractivity contribution in [1.82, 2.24) is 9.80 Å². The van der Waals surface area contributed by atoms with Gasteiger partial charge in [-0.2, -0.15) is 0 Å². The van der Waals surface area contributed by atoms with Crippen molar-refractivity contribution >= 4 is 23.1 Å². The Bertz CT molecular complexity index is 1360. The van der Waals surface area contributed by atoms with Crippen molar-refractivity contribution in [3.8, 4) is 5.75 Å². The predicted molar refractivity (Wildman–Crippen MR) is 135 cm³/mol. The number of fused-ring (bicyclic) bond motifs is 4. The van der Waals surface area contributed by atoms with Crippen LogP contribution < -0.4 is 0 Å². The highest BCUT2D eigenvalue weighted by molar-refractivity contribution is 6.25. The van der Waals surface area contributed by atoms with Gasteiger partial charge >= 0.3 is 0 Å². The van der Waals surface area contributed by atoms with Crippen molar-refractivity contribution in [3.05, 3.63) is 45.0 Å². The van der Waals surface area contributed by atoms with Crippen LogP contribution in [0.5, 0.6) is 5.75 Å². The Hall–Kier alpha value is -3.08. The van der Waals surface area contributed by atoms with E-state index in [1.165, 1.54) is 4.90 Å². The van der Waals surface area contributed by atoms with Crippen LogP contribution in [0.3, 0.4) is 0 Å². The molecule has 4 aliphatic rings. The number of phenolic OH excluding ortho intramolecular Hbond substituents is 1. The first-order valence-corrected chi connectivity index (χ1v) is 12.9.